The van der Waals surface area contributed by atoms with Gasteiger partial charge in [0, 0.05) is 30.0 Å². The van der Waals surface area contributed by atoms with Crippen molar-refractivity contribution in [1.82, 2.24) is 19.7 Å². The Kier molecular flexibility index (Phi) is 6.64. The van der Waals surface area contributed by atoms with Gasteiger partial charge in [0.2, 0.25) is 0 Å². The van der Waals surface area contributed by atoms with E-state index in [9.17, 15) is 36.6 Å². The highest BCUT2D eigenvalue weighted by atomic mass is 19.4. The second kappa shape index (κ2) is 10.2. The molecule has 3 N–H and O–H groups in total. The monoisotopic (exact) mass is 642 g/mol. The lowest BCUT2D eigenvalue weighted by molar-refractivity contribution is -0.203. The van der Waals surface area contributed by atoms with Gasteiger partial charge in [0.25, 0.3) is 11.8 Å². The van der Waals surface area contributed by atoms with Crippen LogP contribution in [0, 0.1) is 22.5 Å². The molecule has 4 aromatic rings. The van der Waals surface area contributed by atoms with Crippen LogP contribution in [0.3, 0.4) is 0 Å². The van der Waals surface area contributed by atoms with Gasteiger partial charge in [0.1, 0.15) is 17.4 Å². The molecule has 1 atom stereocenters. The molecule has 3 fully saturated rings. The number of hydrogen-bond acceptors (Lipinski definition) is 7. The molecular formula is C31H27F5N6O4. The van der Waals surface area contributed by atoms with Crippen molar-refractivity contribution < 1.29 is 41.4 Å². The number of ether oxygens (including phenoxy) is 1. The smallest absolute Gasteiger partial charge is 0.414 e. The maximum absolute atomic E-state index is 14.4. The number of aliphatic hydroxyl groups is 1. The first-order chi connectivity index (χ1) is 21.7. The highest BCUT2D eigenvalue weighted by Gasteiger charge is 2.64. The minimum atomic E-state index is -4.98. The number of rotatable bonds is 8. The van der Waals surface area contributed by atoms with E-state index in [1.807, 2.05) is 0 Å². The largest absolute Gasteiger partial charge is 0.482 e. The van der Waals surface area contributed by atoms with E-state index < -0.39 is 48.8 Å². The molecule has 8 rings (SSSR count). The SMILES string of the molecule is CC12CC(Cn3ncc4c(-c5ccc6c(c5)OCC(=O)N6Cc5ncc(F)cc5F)c(C(N)=O)c(CC(O)C(F)(F)F)nc43)(C1)C2. The Morgan fingerprint density at radius 2 is 1.89 bits per heavy atom. The number of carbonyl (C=O) groups is 2. The quantitative estimate of drug-likeness (QED) is 0.271. The number of primary amides is 1. The van der Waals surface area contributed by atoms with Crippen molar-refractivity contribution >= 4 is 28.5 Å². The number of aromatic nitrogens is 4. The summed E-state index contributed by atoms with van der Waals surface area (Å²) in [5, 5.41) is 14.8. The van der Waals surface area contributed by atoms with E-state index in [0.29, 0.717) is 29.0 Å². The maximum Gasteiger partial charge on any atom is 0.414 e. The van der Waals surface area contributed by atoms with E-state index in [0.717, 1.165) is 25.5 Å². The molecule has 1 aromatic carbocycles. The summed E-state index contributed by atoms with van der Waals surface area (Å²) in [7, 11) is 0. The van der Waals surface area contributed by atoms with Crippen LogP contribution in [0.5, 0.6) is 5.75 Å². The molecule has 4 aliphatic rings. The Morgan fingerprint density at radius 1 is 1.15 bits per heavy atom. The highest BCUT2D eigenvalue weighted by molar-refractivity contribution is 6.09. The lowest BCUT2D eigenvalue weighted by atomic mass is 9.36. The molecule has 3 saturated carbocycles. The van der Waals surface area contributed by atoms with Crippen LogP contribution < -0.4 is 15.4 Å². The first-order valence-electron chi connectivity index (χ1n) is 14.5. The van der Waals surface area contributed by atoms with E-state index in [2.05, 4.69) is 22.0 Å². The molecule has 3 aliphatic carbocycles. The summed E-state index contributed by atoms with van der Waals surface area (Å²) in [5.41, 5.74) is 6.08. The lowest BCUT2D eigenvalue weighted by Gasteiger charge is -2.69. The minimum absolute atomic E-state index is 0.0120. The molecule has 1 aliphatic heterocycles. The van der Waals surface area contributed by atoms with Gasteiger partial charge in [-0.15, -0.1) is 0 Å². The van der Waals surface area contributed by atoms with Crippen LogP contribution in [0.2, 0.25) is 0 Å². The van der Waals surface area contributed by atoms with Crippen LogP contribution in [0.1, 0.15) is 47.9 Å². The molecule has 0 saturated heterocycles. The number of halogens is 5. The average Bonchev–Trinajstić information content (AvgIpc) is 3.34. The van der Waals surface area contributed by atoms with E-state index in [-0.39, 0.29) is 51.6 Å². The van der Waals surface area contributed by atoms with Gasteiger partial charge in [-0.2, -0.15) is 18.3 Å². The number of pyridine rings is 2. The fraction of sp³-hybridized carbons (Fsp3) is 0.387. The van der Waals surface area contributed by atoms with E-state index in [1.54, 1.807) is 4.68 Å². The van der Waals surface area contributed by atoms with Crippen molar-refractivity contribution in [2.75, 3.05) is 11.5 Å². The van der Waals surface area contributed by atoms with Gasteiger partial charge in [-0.1, -0.05) is 13.0 Å². The third kappa shape index (κ3) is 4.93. The molecule has 4 heterocycles. The van der Waals surface area contributed by atoms with Gasteiger partial charge in [-0.3, -0.25) is 19.5 Å². The molecule has 2 amide bonds. The zero-order valence-electron chi connectivity index (χ0n) is 24.4. The number of anilines is 1. The van der Waals surface area contributed by atoms with Crippen LogP contribution >= 0.6 is 0 Å². The number of benzene rings is 1. The van der Waals surface area contributed by atoms with Gasteiger partial charge in [0.05, 0.1) is 41.6 Å². The van der Waals surface area contributed by atoms with E-state index >= 15 is 0 Å². The van der Waals surface area contributed by atoms with Crippen molar-refractivity contribution in [3.05, 3.63) is 65.2 Å². The molecule has 240 valence electrons. The molecule has 10 nitrogen and oxygen atoms in total. The number of hydrogen-bond donors (Lipinski definition) is 2. The standard InChI is InChI=1S/C31H27F5N6O4/c1-29-11-30(12-29,13-29)14-42-28-17(8-39-42)25(26(27(37)45)19(40-28)6-23(43)31(34,35)36)15-2-3-21-22(4-15)46-10-24(44)41(21)9-20-18(33)5-16(32)7-38-20/h2-5,7-8,23,43H,6,9-14H2,1H3,(H2,37,45). The topological polar surface area (TPSA) is 136 Å². The van der Waals surface area contributed by atoms with Crippen LogP contribution in [0.4, 0.5) is 27.6 Å². The zero-order valence-corrected chi connectivity index (χ0v) is 24.4. The van der Waals surface area contributed by atoms with Crippen molar-refractivity contribution in [1.29, 1.82) is 0 Å². The summed E-state index contributed by atoms with van der Waals surface area (Å²) in [5.74, 6) is -3.27. The Labute approximate surface area is 258 Å². The fourth-order valence-corrected chi connectivity index (χ4v) is 7.55. The number of carbonyl (C=O) groups excluding carboxylic acids is 2. The Balaban J connectivity index is 1.35. The maximum atomic E-state index is 14.4. The number of aliphatic hydroxyl groups excluding tert-OH is 1. The number of alkyl halides is 3. The van der Waals surface area contributed by atoms with Gasteiger partial charge >= 0.3 is 6.18 Å². The lowest BCUT2D eigenvalue weighted by Crippen LogP contribution is -2.61. The fourth-order valence-electron chi connectivity index (χ4n) is 7.55. The van der Waals surface area contributed by atoms with Crippen molar-refractivity contribution in [3.63, 3.8) is 0 Å². The second-order valence-electron chi connectivity index (χ2n) is 12.8. The van der Waals surface area contributed by atoms with Gasteiger partial charge in [0.15, 0.2) is 18.4 Å². The summed E-state index contributed by atoms with van der Waals surface area (Å²) in [6.45, 7) is 1.91. The molecule has 0 spiro atoms. The molecule has 15 heteroatoms. The van der Waals surface area contributed by atoms with E-state index in [1.165, 1.54) is 29.3 Å². The zero-order chi connectivity index (χ0) is 32.8. The molecular weight excluding hydrogens is 615 g/mol. The third-order valence-corrected chi connectivity index (χ3v) is 9.15. The van der Waals surface area contributed by atoms with Gasteiger partial charge < -0.3 is 15.6 Å². The second-order valence-corrected chi connectivity index (χ2v) is 12.8. The van der Waals surface area contributed by atoms with Crippen LogP contribution in [0.15, 0.2) is 36.7 Å². The number of nitrogens with two attached hydrogens (primary N) is 1. The molecule has 0 radical (unpaired) electrons. The molecule has 3 aromatic heterocycles. The average molecular weight is 643 g/mol. The van der Waals surface area contributed by atoms with Crippen LogP contribution in [-0.2, 0) is 24.3 Å². The van der Waals surface area contributed by atoms with Crippen LogP contribution in [0.25, 0.3) is 22.2 Å². The molecule has 1 unspecified atom stereocenters. The summed E-state index contributed by atoms with van der Waals surface area (Å²) in [6, 6.07) is 5.11. The predicted octanol–water partition coefficient (Wildman–Crippen LogP) is 4.45. The Bertz CT molecular complexity index is 1920. The van der Waals surface area contributed by atoms with Crippen molar-refractivity contribution in [2.24, 2.45) is 16.6 Å². The van der Waals surface area contributed by atoms with E-state index in [4.69, 9.17) is 10.5 Å². The molecule has 2 bridgehead atoms. The Morgan fingerprint density at radius 3 is 2.54 bits per heavy atom. The highest BCUT2D eigenvalue weighted by Crippen LogP contribution is 2.73. The number of nitrogens with zero attached hydrogens (tertiary/aromatic N) is 5. The number of fused-ring (bicyclic) bond motifs is 2. The summed E-state index contributed by atoms with van der Waals surface area (Å²) in [6.07, 6.45) is -3.56. The summed E-state index contributed by atoms with van der Waals surface area (Å²) >= 11 is 0. The van der Waals surface area contributed by atoms with Crippen molar-refractivity contribution in [2.45, 2.75) is 58.0 Å². The third-order valence-electron chi connectivity index (χ3n) is 9.15. The summed E-state index contributed by atoms with van der Waals surface area (Å²) in [4.78, 5) is 35.1. The first-order valence-corrected chi connectivity index (χ1v) is 14.5. The van der Waals surface area contributed by atoms with Gasteiger partial charge in [-0.25, -0.2) is 18.4 Å². The summed E-state index contributed by atoms with van der Waals surface area (Å²) < 4.78 is 75.6. The Hall–Kier alpha value is -4.66. The first kappa shape index (κ1) is 30.0. The normalized spacial score (nSPS) is 22.6. The molecule has 46 heavy (non-hydrogen) atoms. The van der Waals surface area contributed by atoms with Crippen molar-refractivity contribution in [3.8, 4) is 16.9 Å². The van der Waals surface area contributed by atoms with Gasteiger partial charge in [-0.05, 0) is 47.8 Å². The predicted molar refractivity (Wildman–Crippen MR) is 152 cm³/mol. The number of amides is 2. The minimum Gasteiger partial charge on any atom is -0.482 e. The van der Waals surface area contributed by atoms with Crippen LogP contribution in [-0.4, -0.2) is 55.6 Å².